The zero-order valence-corrected chi connectivity index (χ0v) is 13.4. The van der Waals surface area contributed by atoms with Gasteiger partial charge in [-0.05, 0) is 51.3 Å². The maximum absolute atomic E-state index is 12.2. The van der Waals surface area contributed by atoms with E-state index in [0.29, 0.717) is 31.5 Å². The molecule has 0 aliphatic carbocycles. The van der Waals surface area contributed by atoms with Gasteiger partial charge in [0.15, 0.2) is 0 Å². The number of carbonyl (C=O) groups excluding carboxylic acids is 1. The fraction of sp³-hybridized carbons (Fsp3) is 0.588. The molecule has 2 N–H and O–H groups in total. The molecular formula is C17H26N2O2. The monoisotopic (exact) mass is 290 g/mol. The fourth-order valence-electron chi connectivity index (χ4n) is 2.94. The molecule has 0 aromatic heterocycles. The molecule has 1 saturated heterocycles. The lowest BCUT2D eigenvalue weighted by Gasteiger charge is -2.24. The zero-order valence-electron chi connectivity index (χ0n) is 13.4. The molecule has 1 heterocycles. The number of carbonyl (C=O) groups is 1. The van der Waals surface area contributed by atoms with Gasteiger partial charge in [-0.25, -0.2) is 4.79 Å². The topological polar surface area (TPSA) is 55.6 Å². The van der Waals surface area contributed by atoms with Crippen molar-refractivity contribution in [2.45, 2.75) is 39.2 Å². The van der Waals surface area contributed by atoms with Crippen LogP contribution in [0.3, 0.4) is 0 Å². The van der Waals surface area contributed by atoms with Gasteiger partial charge >= 0.3 is 6.09 Å². The minimum atomic E-state index is -0.462. The fourth-order valence-corrected chi connectivity index (χ4v) is 2.94. The predicted molar refractivity (Wildman–Crippen MR) is 84.3 cm³/mol. The maximum atomic E-state index is 12.2. The Kier molecular flexibility index (Phi) is 4.57. The molecular weight excluding hydrogens is 264 g/mol. The van der Waals surface area contributed by atoms with E-state index in [1.54, 1.807) is 4.90 Å². The molecule has 1 aliphatic rings. The molecule has 1 fully saturated rings. The van der Waals surface area contributed by atoms with Crippen molar-refractivity contribution in [3.8, 4) is 0 Å². The van der Waals surface area contributed by atoms with Crippen molar-refractivity contribution in [1.82, 2.24) is 4.90 Å². The number of rotatable bonds is 2. The number of ether oxygens (including phenoxy) is 1. The Balaban J connectivity index is 2.15. The van der Waals surface area contributed by atoms with Gasteiger partial charge in [0.25, 0.3) is 0 Å². The molecule has 1 aliphatic heterocycles. The van der Waals surface area contributed by atoms with Crippen LogP contribution in [-0.4, -0.2) is 36.2 Å². The smallest absolute Gasteiger partial charge is 0.410 e. The molecule has 0 bridgehead atoms. The van der Waals surface area contributed by atoms with Crippen LogP contribution in [0.5, 0.6) is 0 Å². The first-order valence-electron chi connectivity index (χ1n) is 7.55. The van der Waals surface area contributed by atoms with Crippen LogP contribution in [0.4, 0.5) is 4.79 Å². The minimum absolute atomic E-state index is 0.239. The van der Waals surface area contributed by atoms with Gasteiger partial charge in [0.1, 0.15) is 5.60 Å². The van der Waals surface area contributed by atoms with Gasteiger partial charge in [-0.3, -0.25) is 0 Å². The highest BCUT2D eigenvalue weighted by Crippen LogP contribution is 2.34. The van der Waals surface area contributed by atoms with Gasteiger partial charge in [0.2, 0.25) is 0 Å². The lowest BCUT2D eigenvalue weighted by atomic mass is 9.86. The van der Waals surface area contributed by atoms with Gasteiger partial charge in [0, 0.05) is 19.0 Å². The lowest BCUT2D eigenvalue weighted by Crippen LogP contribution is -2.35. The largest absolute Gasteiger partial charge is 0.444 e. The van der Waals surface area contributed by atoms with Crippen LogP contribution < -0.4 is 5.73 Å². The number of nitrogens with zero attached hydrogens (tertiary/aromatic N) is 1. The number of hydrogen-bond donors (Lipinski definition) is 1. The van der Waals surface area contributed by atoms with Crippen molar-refractivity contribution in [2.24, 2.45) is 11.7 Å². The summed E-state index contributed by atoms with van der Waals surface area (Å²) in [7, 11) is 0. The Bertz CT molecular complexity index is 508. The molecule has 1 aromatic carbocycles. The Morgan fingerprint density at radius 2 is 2.00 bits per heavy atom. The van der Waals surface area contributed by atoms with Crippen LogP contribution >= 0.6 is 0 Å². The lowest BCUT2D eigenvalue weighted by molar-refractivity contribution is 0.0287. The first-order valence-corrected chi connectivity index (χ1v) is 7.55. The molecule has 4 heteroatoms. The highest BCUT2D eigenvalue weighted by atomic mass is 16.6. The summed E-state index contributed by atoms with van der Waals surface area (Å²) in [5, 5.41) is 0. The van der Waals surface area contributed by atoms with E-state index in [2.05, 4.69) is 19.1 Å². The molecule has 21 heavy (non-hydrogen) atoms. The first kappa shape index (κ1) is 15.8. The summed E-state index contributed by atoms with van der Waals surface area (Å²) in [6.07, 6.45) is -0.239. The number of benzene rings is 1. The number of aryl methyl sites for hydroxylation is 1. The second-order valence-electron chi connectivity index (χ2n) is 6.84. The van der Waals surface area contributed by atoms with E-state index in [4.69, 9.17) is 10.5 Å². The summed E-state index contributed by atoms with van der Waals surface area (Å²) >= 11 is 0. The summed E-state index contributed by atoms with van der Waals surface area (Å²) < 4.78 is 5.48. The van der Waals surface area contributed by atoms with Crippen molar-refractivity contribution < 1.29 is 9.53 Å². The Morgan fingerprint density at radius 3 is 2.57 bits per heavy atom. The second-order valence-corrected chi connectivity index (χ2v) is 6.84. The normalized spacial score (nSPS) is 22.4. The highest BCUT2D eigenvalue weighted by Gasteiger charge is 2.37. The van der Waals surface area contributed by atoms with Crippen LogP contribution in [0.2, 0.25) is 0 Å². The Labute approximate surface area is 127 Å². The summed E-state index contributed by atoms with van der Waals surface area (Å²) in [5.74, 6) is 0.585. The summed E-state index contributed by atoms with van der Waals surface area (Å²) in [6.45, 7) is 9.71. The van der Waals surface area contributed by atoms with Crippen molar-refractivity contribution >= 4 is 6.09 Å². The third-order valence-corrected chi connectivity index (χ3v) is 3.98. The molecule has 2 unspecified atom stereocenters. The Hall–Kier alpha value is -1.55. The predicted octanol–water partition coefficient (Wildman–Crippen LogP) is 2.90. The first-order chi connectivity index (χ1) is 9.81. The quantitative estimate of drug-likeness (QED) is 0.911. The van der Waals surface area contributed by atoms with E-state index < -0.39 is 5.60 Å². The SMILES string of the molecule is Cc1ccccc1C1CN(C(=O)OC(C)(C)C)CC1CN. The molecule has 116 valence electrons. The van der Waals surface area contributed by atoms with Gasteiger partial charge in [-0.2, -0.15) is 0 Å². The number of hydrogen-bond acceptors (Lipinski definition) is 3. The van der Waals surface area contributed by atoms with Crippen LogP contribution in [0, 0.1) is 12.8 Å². The van der Waals surface area contributed by atoms with Crippen molar-refractivity contribution in [3.05, 3.63) is 35.4 Å². The van der Waals surface area contributed by atoms with E-state index >= 15 is 0 Å². The van der Waals surface area contributed by atoms with E-state index in [0.717, 1.165) is 0 Å². The molecule has 0 spiro atoms. The van der Waals surface area contributed by atoms with Gasteiger partial charge < -0.3 is 15.4 Å². The second kappa shape index (κ2) is 6.06. The van der Waals surface area contributed by atoms with Crippen molar-refractivity contribution in [2.75, 3.05) is 19.6 Å². The zero-order chi connectivity index (χ0) is 15.6. The summed E-state index contributed by atoms with van der Waals surface area (Å²) in [5.41, 5.74) is 8.01. The van der Waals surface area contributed by atoms with Crippen LogP contribution in [-0.2, 0) is 4.74 Å². The van der Waals surface area contributed by atoms with E-state index in [1.807, 2.05) is 32.9 Å². The molecule has 0 radical (unpaired) electrons. The van der Waals surface area contributed by atoms with Crippen molar-refractivity contribution in [1.29, 1.82) is 0 Å². The van der Waals surface area contributed by atoms with E-state index in [-0.39, 0.29) is 6.09 Å². The van der Waals surface area contributed by atoms with E-state index in [1.165, 1.54) is 11.1 Å². The third-order valence-electron chi connectivity index (χ3n) is 3.98. The molecule has 4 nitrogen and oxygen atoms in total. The van der Waals surface area contributed by atoms with Crippen LogP contribution in [0.15, 0.2) is 24.3 Å². The third kappa shape index (κ3) is 3.76. The minimum Gasteiger partial charge on any atom is -0.444 e. The van der Waals surface area contributed by atoms with Crippen molar-refractivity contribution in [3.63, 3.8) is 0 Å². The standard InChI is InChI=1S/C17H26N2O2/c1-12-7-5-6-8-14(12)15-11-19(10-13(15)9-18)16(20)21-17(2,3)4/h5-8,13,15H,9-11,18H2,1-4H3. The maximum Gasteiger partial charge on any atom is 0.410 e. The average Bonchev–Trinajstić information content (AvgIpc) is 2.81. The van der Waals surface area contributed by atoms with Crippen LogP contribution in [0.25, 0.3) is 0 Å². The number of nitrogens with two attached hydrogens (primary N) is 1. The molecule has 1 amide bonds. The summed E-state index contributed by atoms with van der Waals surface area (Å²) in [6, 6.07) is 8.34. The molecule has 0 saturated carbocycles. The molecule has 2 rings (SSSR count). The summed E-state index contributed by atoms with van der Waals surface area (Å²) in [4.78, 5) is 14.0. The van der Waals surface area contributed by atoms with Gasteiger partial charge in [-0.1, -0.05) is 24.3 Å². The Morgan fingerprint density at radius 1 is 1.33 bits per heavy atom. The van der Waals surface area contributed by atoms with E-state index in [9.17, 15) is 4.79 Å². The highest BCUT2D eigenvalue weighted by molar-refractivity contribution is 5.68. The number of amides is 1. The average molecular weight is 290 g/mol. The molecule has 2 atom stereocenters. The molecule has 1 aromatic rings. The van der Waals surface area contributed by atoms with Crippen LogP contribution in [0.1, 0.15) is 37.8 Å². The number of likely N-dealkylation sites (tertiary alicyclic amines) is 1. The van der Waals surface area contributed by atoms with Gasteiger partial charge in [0.05, 0.1) is 0 Å². The van der Waals surface area contributed by atoms with Gasteiger partial charge in [-0.15, -0.1) is 0 Å².